The molecule has 1 heteroatoms. The van der Waals surface area contributed by atoms with E-state index >= 15 is 0 Å². The summed E-state index contributed by atoms with van der Waals surface area (Å²) < 4.78 is 0. The van der Waals surface area contributed by atoms with E-state index in [-0.39, 0.29) is 11.5 Å². The van der Waals surface area contributed by atoms with Crippen molar-refractivity contribution in [2.24, 2.45) is 5.73 Å². The summed E-state index contributed by atoms with van der Waals surface area (Å²) in [5.41, 5.74) is 9.29. The lowest BCUT2D eigenvalue weighted by atomic mass is 9.73. The number of nitrogens with two attached hydrogens (primary N) is 1. The Kier molecular flexibility index (Phi) is 3.68. The predicted octanol–water partition coefficient (Wildman–Crippen LogP) is 3.79. The van der Waals surface area contributed by atoms with Crippen molar-refractivity contribution in [2.45, 2.75) is 51.0 Å². The number of benzene rings is 1. The number of hydrogen-bond acceptors (Lipinski definition) is 1. The van der Waals surface area contributed by atoms with Crippen molar-refractivity contribution in [3.05, 3.63) is 47.5 Å². The second-order valence-corrected chi connectivity index (χ2v) is 5.59. The Labute approximate surface area is 105 Å². The van der Waals surface area contributed by atoms with E-state index in [1.807, 2.05) is 0 Å². The van der Waals surface area contributed by atoms with Crippen LogP contribution in [0.25, 0.3) is 0 Å². The zero-order valence-electron chi connectivity index (χ0n) is 10.9. The summed E-state index contributed by atoms with van der Waals surface area (Å²) in [5.74, 6) is 0. The Morgan fingerprint density at radius 1 is 1.12 bits per heavy atom. The molecule has 0 amide bonds. The van der Waals surface area contributed by atoms with Crippen LogP contribution in [0.4, 0.5) is 0 Å². The summed E-state index contributed by atoms with van der Waals surface area (Å²) in [4.78, 5) is 0. The van der Waals surface area contributed by atoms with Crippen molar-refractivity contribution >= 4 is 0 Å². The van der Waals surface area contributed by atoms with Crippen LogP contribution in [0.5, 0.6) is 0 Å². The van der Waals surface area contributed by atoms with Crippen LogP contribution in [-0.2, 0) is 5.41 Å². The Bertz CT molecular complexity index is 389. The van der Waals surface area contributed by atoms with Crippen molar-refractivity contribution in [3.63, 3.8) is 0 Å². The van der Waals surface area contributed by atoms with Gasteiger partial charge in [-0.25, -0.2) is 0 Å². The second kappa shape index (κ2) is 5.05. The summed E-state index contributed by atoms with van der Waals surface area (Å²) in [7, 11) is 0. The van der Waals surface area contributed by atoms with Crippen molar-refractivity contribution in [2.75, 3.05) is 0 Å². The first-order chi connectivity index (χ1) is 8.12. The van der Waals surface area contributed by atoms with E-state index in [9.17, 15) is 0 Å². The molecule has 0 bridgehead atoms. The lowest BCUT2D eigenvalue weighted by Gasteiger charge is -2.35. The van der Waals surface area contributed by atoms with Gasteiger partial charge in [-0.2, -0.15) is 0 Å². The first-order valence-corrected chi connectivity index (χ1v) is 6.62. The van der Waals surface area contributed by atoms with Gasteiger partial charge in [0.1, 0.15) is 0 Å². The van der Waals surface area contributed by atoms with E-state index in [0.29, 0.717) is 0 Å². The van der Waals surface area contributed by atoms with E-state index in [1.165, 1.54) is 36.8 Å². The van der Waals surface area contributed by atoms with Crippen LogP contribution in [0, 0.1) is 0 Å². The normalized spacial score (nSPS) is 18.6. The average molecular weight is 229 g/mol. The van der Waals surface area contributed by atoms with Gasteiger partial charge in [0.15, 0.2) is 0 Å². The van der Waals surface area contributed by atoms with Crippen LogP contribution in [0.2, 0.25) is 0 Å². The highest BCUT2D eigenvalue weighted by Gasteiger charge is 2.30. The molecular formula is C16H23N. The van der Waals surface area contributed by atoms with Crippen molar-refractivity contribution in [1.29, 1.82) is 0 Å². The molecule has 0 radical (unpaired) electrons. The van der Waals surface area contributed by atoms with Crippen LogP contribution >= 0.6 is 0 Å². The Morgan fingerprint density at radius 2 is 1.82 bits per heavy atom. The van der Waals surface area contributed by atoms with Gasteiger partial charge in [0.25, 0.3) is 0 Å². The van der Waals surface area contributed by atoms with Gasteiger partial charge in [0, 0.05) is 11.5 Å². The first-order valence-electron chi connectivity index (χ1n) is 6.62. The van der Waals surface area contributed by atoms with Crippen LogP contribution in [-0.4, -0.2) is 6.04 Å². The third-order valence-electron chi connectivity index (χ3n) is 4.02. The fraction of sp³-hybridized carbons (Fsp3) is 0.500. The fourth-order valence-corrected chi connectivity index (χ4v) is 2.66. The molecule has 1 atom stereocenters. The molecule has 92 valence electrons. The molecule has 0 fully saturated rings. The zero-order valence-corrected chi connectivity index (χ0v) is 10.9. The van der Waals surface area contributed by atoms with Crippen molar-refractivity contribution in [1.82, 2.24) is 0 Å². The minimum absolute atomic E-state index is 0.0183. The Morgan fingerprint density at radius 3 is 2.41 bits per heavy atom. The first kappa shape index (κ1) is 12.4. The fourth-order valence-electron chi connectivity index (χ4n) is 2.66. The van der Waals surface area contributed by atoms with Crippen LogP contribution in [0.1, 0.15) is 45.1 Å². The van der Waals surface area contributed by atoms with E-state index in [2.05, 4.69) is 50.3 Å². The van der Waals surface area contributed by atoms with Gasteiger partial charge in [-0.15, -0.1) is 0 Å². The molecule has 2 rings (SSSR count). The second-order valence-electron chi connectivity index (χ2n) is 5.59. The summed E-state index contributed by atoms with van der Waals surface area (Å²) in [5, 5.41) is 0. The SMILES string of the molecule is CC(C)(c1ccccc1)C(N)C1=CCCCC1. The van der Waals surface area contributed by atoms with Gasteiger partial charge in [0.05, 0.1) is 0 Å². The third kappa shape index (κ3) is 2.61. The van der Waals surface area contributed by atoms with Gasteiger partial charge in [0.2, 0.25) is 0 Å². The van der Waals surface area contributed by atoms with Crippen LogP contribution < -0.4 is 5.73 Å². The van der Waals surface area contributed by atoms with Gasteiger partial charge in [-0.3, -0.25) is 0 Å². The van der Waals surface area contributed by atoms with Crippen LogP contribution in [0.3, 0.4) is 0 Å². The molecule has 0 heterocycles. The maximum Gasteiger partial charge on any atom is 0.0346 e. The van der Waals surface area contributed by atoms with E-state index in [4.69, 9.17) is 5.73 Å². The summed E-state index contributed by atoms with van der Waals surface area (Å²) in [6.07, 6.45) is 7.36. The largest absolute Gasteiger partial charge is 0.324 e. The lowest BCUT2D eigenvalue weighted by molar-refractivity contribution is 0.432. The molecule has 1 unspecified atom stereocenters. The van der Waals surface area contributed by atoms with Crippen molar-refractivity contribution < 1.29 is 0 Å². The van der Waals surface area contributed by atoms with Gasteiger partial charge < -0.3 is 5.73 Å². The molecule has 0 saturated carbocycles. The Hall–Kier alpha value is -1.08. The molecule has 1 nitrogen and oxygen atoms in total. The number of allylic oxidation sites excluding steroid dienone is 1. The molecule has 1 aliphatic rings. The molecule has 0 saturated heterocycles. The molecule has 1 aliphatic carbocycles. The minimum atomic E-state index is 0.0183. The molecular weight excluding hydrogens is 206 g/mol. The van der Waals surface area contributed by atoms with Gasteiger partial charge in [-0.05, 0) is 31.2 Å². The third-order valence-corrected chi connectivity index (χ3v) is 4.02. The minimum Gasteiger partial charge on any atom is -0.324 e. The van der Waals surface area contributed by atoms with E-state index in [0.717, 1.165) is 0 Å². The van der Waals surface area contributed by atoms with Gasteiger partial charge >= 0.3 is 0 Å². The van der Waals surface area contributed by atoms with Gasteiger partial charge in [-0.1, -0.05) is 55.8 Å². The zero-order chi connectivity index (χ0) is 12.3. The predicted molar refractivity (Wildman–Crippen MR) is 74.0 cm³/mol. The topological polar surface area (TPSA) is 26.0 Å². The molecule has 0 aliphatic heterocycles. The van der Waals surface area contributed by atoms with Crippen LogP contribution in [0.15, 0.2) is 42.0 Å². The Balaban J connectivity index is 2.23. The molecule has 2 N–H and O–H groups in total. The summed E-state index contributed by atoms with van der Waals surface area (Å²) in [6, 6.07) is 10.8. The van der Waals surface area contributed by atoms with Crippen molar-refractivity contribution in [3.8, 4) is 0 Å². The molecule has 17 heavy (non-hydrogen) atoms. The standard InChI is InChI=1S/C16H23N/c1-16(2,14-11-7-4-8-12-14)15(17)13-9-5-3-6-10-13/h4,7-9,11-12,15H,3,5-6,10,17H2,1-2H3. The molecule has 1 aromatic carbocycles. The highest BCUT2D eigenvalue weighted by atomic mass is 14.7. The smallest absolute Gasteiger partial charge is 0.0346 e. The quantitative estimate of drug-likeness (QED) is 0.784. The monoisotopic (exact) mass is 229 g/mol. The lowest BCUT2D eigenvalue weighted by Crippen LogP contribution is -2.42. The number of hydrogen-bond donors (Lipinski definition) is 1. The molecule has 0 aromatic heterocycles. The molecule has 1 aromatic rings. The maximum atomic E-state index is 6.49. The summed E-state index contributed by atoms with van der Waals surface area (Å²) >= 11 is 0. The number of rotatable bonds is 3. The maximum absolute atomic E-state index is 6.49. The highest BCUT2D eigenvalue weighted by molar-refractivity contribution is 5.31. The highest BCUT2D eigenvalue weighted by Crippen LogP contribution is 2.32. The van der Waals surface area contributed by atoms with E-state index < -0.39 is 0 Å². The molecule has 0 spiro atoms. The van der Waals surface area contributed by atoms with E-state index in [1.54, 1.807) is 0 Å². The summed E-state index contributed by atoms with van der Waals surface area (Å²) in [6.45, 7) is 4.50. The average Bonchev–Trinajstić information content (AvgIpc) is 2.40.